The van der Waals surface area contributed by atoms with Gasteiger partial charge in [-0.05, 0) is 38.5 Å². The lowest BCUT2D eigenvalue weighted by atomic mass is 10.2. The van der Waals surface area contributed by atoms with Gasteiger partial charge in [0.15, 0.2) is 0 Å². The number of ether oxygens (including phenoxy) is 2. The highest BCUT2D eigenvalue weighted by Gasteiger charge is 2.19. The Balaban J connectivity index is 3.06. The number of benzene rings is 1. The van der Waals surface area contributed by atoms with Crippen molar-refractivity contribution in [3.63, 3.8) is 0 Å². The van der Waals surface area contributed by atoms with Gasteiger partial charge in [-0.25, -0.2) is 17.9 Å². The first-order chi connectivity index (χ1) is 10.8. The molecule has 130 valence electrons. The fraction of sp³-hybridized carbons (Fsp3) is 0.533. The van der Waals surface area contributed by atoms with E-state index in [4.69, 9.17) is 9.47 Å². The maximum Gasteiger partial charge on any atom is 0.411 e. The number of methoxy groups -OCH3 is 1. The molecule has 0 radical (unpaired) electrons. The molecule has 1 aromatic rings. The van der Waals surface area contributed by atoms with Crippen molar-refractivity contribution in [1.82, 2.24) is 4.72 Å². The largest absolute Gasteiger partial charge is 0.495 e. The molecule has 0 heterocycles. The second-order valence-electron chi connectivity index (χ2n) is 5.02. The topological polar surface area (TPSA) is 93.7 Å². The summed E-state index contributed by atoms with van der Waals surface area (Å²) in [7, 11) is -2.24. The van der Waals surface area contributed by atoms with E-state index in [1.807, 2.05) is 13.8 Å². The van der Waals surface area contributed by atoms with Gasteiger partial charge in [0.25, 0.3) is 0 Å². The standard InChI is InChI=1S/C15H24N2O5S/c1-5-7-11(3)17-23(19,20)12-8-9-14(21-4)13(10-12)16-15(18)22-6-2/h8-11,17H,5-7H2,1-4H3,(H,16,18)/t11-/m0/s1. The molecule has 2 N–H and O–H groups in total. The Kier molecular flexibility index (Phi) is 7.31. The molecule has 0 aromatic heterocycles. The predicted molar refractivity (Wildman–Crippen MR) is 88.3 cm³/mol. The zero-order valence-corrected chi connectivity index (χ0v) is 14.7. The number of sulfonamides is 1. The molecule has 0 fully saturated rings. The van der Waals surface area contributed by atoms with Crippen LogP contribution in [0.1, 0.15) is 33.6 Å². The molecule has 0 aliphatic rings. The van der Waals surface area contributed by atoms with Crippen LogP contribution in [0.2, 0.25) is 0 Å². The van der Waals surface area contributed by atoms with Crippen LogP contribution in [0.5, 0.6) is 5.75 Å². The predicted octanol–water partition coefficient (Wildman–Crippen LogP) is 2.73. The Morgan fingerprint density at radius 3 is 2.57 bits per heavy atom. The van der Waals surface area contributed by atoms with Gasteiger partial charge in [-0.3, -0.25) is 5.32 Å². The molecule has 0 spiro atoms. The van der Waals surface area contributed by atoms with Crippen LogP contribution < -0.4 is 14.8 Å². The number of rotatable bonds is 8. The minimum atomic E-state index is -3.67. The number of nitrogens with one attached hydrogen (secondary N) is 2. The lowest BCUT2D eigenvalue weighted by molar-refractivity contribution is 0.168. The van der Waals surface area contributed by atoms with E-state index < -0.39 is 16.1 Å². The molecule has 0 unspecified atom stereocenters. The van der Waals surface area contributed by atoms with Crippen LogP contribution >= 0.6 is 0 Å². The van der Waals surface area contributed by atoms with E-state index in [1.165, 1.54) is 25.3 Å². The molecule has 1 aromatic carbocycles. The fourth-order valence-corrected chi connectivity index (χ4v) is 3.36. The molecule has 1 amide bonds. The second-order valence-corrected chi connectivity index (χ2v) is 6.73. The molecule has 0 bridgehead atoms. The van der Waals surface area contributed by atoms with Gasteiger partial charge < -0.3 is 9.47 Å². The quantitative estimate of drug-likeness (QED) is 0.756. The van der Waals surface area contributed by atoms with Gasteiger partial charge in [0.05, 0.1) is 24.3 Å². The van der Waals surface area contributed by atoms with E-state index in [0.29, 0.717) is 5.75 Å². The van der Waals surface area contributed by atoms with Crippen LogP contribution in [-0.2, 0) is 14.8 Å². The average Bonchev–Trinajstić information content (AvgIpc) is 2.47. The summed E-state index contributed by atoms with van der Waals surface area (Å²) in [5.41, 5.74) is 0.233. The molecule has 8 heteroatoms. The smallest absolute Gasteiger partial charge is 0.411 e. The average molecular weight is 344 g/mol. The highest BCUT2D eigenvalue weighted by Crippen LogP contribution is 2.27. The van der Waals surface area contributed by atoms with Crippen molar-refractivity contribution < 1.29 is 22.7 Å². The highest BCUT2D eigenvalue weighted by molar-refractivity contribution is 7.89. The molecule has 0 saturated carbocycles. The number of anilines is 1. The Labute approximate surface area is 137 Å². The molecule has 0 saturated heterocycles. The van der Waals surface area contributed by atoms with Crippen LogP contribution in [-0.4, -0.2) is 34.3 Å². The number of hydrogen-bond acceptors (Lipinski definition) is 5. The molecule has 1 rings (SSSR count). The summed E-state index contributed by atoms with van der Waals surface area (Å²) < 4.78 is 37.3. The van der Waals surface area contributed by atoms with Crippen molar-refractivity contribution in [1.29, 1.82) is 0 Å². The highest BCUT2D eigenvalue weighted by atomic mass is 32.2. The van der Waals surface area contributed by atoms with E-state index in [2.05, 4.69) is 10.0 Å². The SMILES string of the molecule is CCC[C@H](C)NS(=O)(=O)c1ccc(OC)c(NC(=O)OCC)c1. The molecule has 0 aliphatic heterocycles. The first kappa shape index (κ1) is 19.2. The number of carbonyl (C=O) groups excluding carboxylic acids is 1. The lowest BCUT2D eigenvalue weighted by Crippen LogP contribution is -2.32. The third-order valence-electron chi connectivity index (χ3n) is 3.07. The number of hydrogen-bond donors (Lipinski definition) is 2. The molecule has 0 aliphatic carbocycles. The van der Waals surface area contributed by atoms with E-state index in [9.17, 15) is 13.2 Å². The Hall–Kier alpha value is -1.80. The summed E-state index contributed by atoms with van der Waals surface area (Å²) in [5.74, 6) is 0.346. The summed E-state index contributed by atoms with van der Waals surface area (Å²) >= 11 is 0. The Bertz CT molecular complexity index is 631. The van der Waals surface area contributed by atoms with Crippen LogP contribution in [0.15, 0.2) is 23.1 Å². The van der Waals surface area contributed by atoms with Crippen molar-refractivity contribution in [3.05, 3.63) is 18.2 Å². The van der Waals surface area contributed by atoms with Gasteiger partial charge in [-0.1, -0.05) is 13.3 Å². The van der Waals surface area contributed by atoms with Crippen molar-refractivity contribution in [3.8, 4) is 5.75 Å². The maximum absolute atomic E-state index is 12.4. The first-order valence-electron chi connectivity index (χ1n) is 7.48. The van der Waals surface area contributed by atoms with Crippen molar-refractivity contribution in [2.45, 2.75) is 44.6 Å². The third-order valence-corrected chi connectivity index (χ3v) is 4.66. The van der Waals surface area contributed by atoms with Crippen LogP contribution in [0, 0.1) is 0 Å². The number of amides is 1. The normalized spacial score (nSPS) is 12.5. The monoisotopic (exact) mass is 344 g/mol. The molecular weight excluding hydrogens is 320 g/mol. The van der Waals surface area contributed by atoms with Crippen molar-refractivity contribution in [2.75, 3.05) is 19.0 Å². The van der Waals surface area contributed by atoms with Crippen molar-refractivity contribution in [2.24, 2.45) is 0 Å². The minimum absolute atomic E-state index is 0.0491. The zero-order valence-electron chi connectivity index (χ0n) is 13.9. The van der Waals surface area contributed by atoms with Crippen LogP contribution in [0.25, 0.3) is 0 Å². The molecule has 7 nitrogen and oxygen atoms in total. The fourth-order valence-electron chi connectivity index (χ4n) is 2.05. The van der Waals surface area contributed by atoms with Gasteiger partial charge in [0.1, 0.15) is 5.75 Å². The van der Waals surface area contributed by atoms with E-state index in [0.717, 1.165) is 12.8 Å². The lowest BCUT2D eigenvalue weighted by Gasteiger charge is -2.15. The number of carbonyl (C=O) groups is 1. The van der Waals surface area contributed by atoms with E-state index >= 15 is 0 Å². The summed E-state index contributed by atoms with van der Waals surface area (Å²) in [6, 6.07) is 4.08. The van der Waals surface area contributed by atoms with Gasteiger partial charge in [0.2, 0.25) is 10.0 Å². The first-order valence-corrected chi connectivity index (χ1v) is 8.96. The summed E-state index contributed by atoms with van der Waals surface area (Å²) in [6.45, 7) is 5.68. The van der Waals surface area contributed by atoms with Gasteiger partial charge in [-0.15, -0.1) is 0 Å². The van der Waals surface area contributed by atoms with Gasteiger partial charge in [0, 0.05) is 6.04 Å². The maximum atomic E-state index is 12.4. The summed E-state index contributed by atoms with van der Waals surface area (Å²) in [5, 5.41) is 2.47. The zero-order chi connectivity index (χ0) is 17.5. The minimum Gasteiger partial charge on any atom is -0.495 e. The van der Waals surface area contributed by atoms with Crippen molar-refractivity contribution >= 4 is 21.8 Å². The summed E-state index contributed by atoms with van der Waals surface area (Å²) in [4.78, 5) is 11.6. The molecule has 23 heavy (non-hydrogen) atoms. The Morgan fingerprint density at radius 2 is 2.00 bits per heavy atom. The van der Waals surface area contributed by atoms with E-state index in [-0.39, 0.29) is 23.2 Å². The van der Waals surface area contributed by atoms with E-state index in [1.54, 1.807) is 6.92 Å². The van der Waals surface area contributed by atoms with Gasteiger partial charge in [-0.2, -0.15) is 0 Å². The molecule has 1 atom stereocenters. The van der Waals surface area contributed by atoms with Crippen LogP contribution in [0.3, 0.4) is 0 Å². The second kappa shape index (κ2) is 8.73. The third kappa shape index (κ3) is 5.72. The van der Waals surface area contributed by atoms with Crippen LogP contribution in [0.4, 0.5) is 10.5 Å². The molecular formula is C15H24N2O5S. The summed E-state index contributed by atoms with van der Waals surface area (Å²) in [6.07, 6.45) is 0.943. The Morgan fingerprint density at radius 1 is 1.30 bits per heavy atom. The van der Waals surface area contributed by atoms with Gasteiger partial charge >= 0.3 is 6.09 Å².